The first-order valence-corrected chi connectivity index (χ1v) is 10.1. The highest BCUT2D eigenvalue weighted by atomic mass is 19.1. The molecule has 162 valence electrons. The second-order valence-corrected chi connectivity index (χ2v) is 6.94. The quantitative estimate of drug-likeness (QED) is 0.507. The Morgan fingerprint density at radius 3 is 2.35 bits per heavy atom. The average Bonchev–Trinajstić information content (AvgIpc) is 2.79. The lowest BCUT2D eigenvalue weighted by Crippen LogP contribution is -2.26. The van der Waals surface area contributed by atoms with E-state index >= 15 is 0 Å². The molecule has 3 aromatic rings. The molecule has 3 rings (SSSR count). The minimum atomic E-state index is -0.312. The molecule has 0 saturated carbocycles. The van der Waals surface area contributed by atoms with Crippen molar-refractivity contribution in [2.24, 2.45) is 0 Å². The Morgan fingerprint density at radius 1 is 0.968 bits per heavy atom. The van der Waals surface area contributed by atoms with Crippen LogP contribution in [0.15, 0.2) is 66.7 Å². The summed E-state index contributed by atoms with van der Waals surface area (Å²) < 4.78 is 30.1. The van der Waals surface area contributed by atoms with Gasteiger partial charge in [0.1, 0.15) is 18.2 Å². The molecule has 0 fully saturated rings. The molecule has 6 heteroatoms. The Morgan fingerprint density at radius 2 is 1.68 bits per heavy atom. The fourth-order valence-corrected chi connectivity index (χ4v) is 3.14. The van der Waals surface area contributed by atoms with Gasteiger partial charge in [0.2, 0.25) is 0 Å². The predicted molar refractivity (Wildman–Crippen MR) is 117 cm³/mol. The van der Waals surface area contributed by atoms with Crippen LogP contribution in [0.25, 0.3) is 0 Å². The number of amides is 1. The van der Waals surface area contributed by atoms with E-state index < -0.39 is 0 Å². The van der Waals surface area contributed by atoms with Crippen LogP contribution < -0.4 is 19.5 Å². The van der Waals surface area contributed by atoms with Crippen molar-refractivity contribution in [3.63, 3.8) is 0 Å². The summed E-state index contributed by atoms with van der Waals surface area (Å²) in [6.07, 6.45) is 0. The van der Waals surface area contributed by atoms with E-state index in [0.717, 1.165) is 11.1 Å². The van der Waals surface area contributed by atoms with E-state index in [4.69, 9.17) is 14.2 Å². The Hall–Kier alpha value is -3.54. The van der Waals surface area contributed by atoms with Crippen LogP contribution in [-0.4, -0.2) is 19.6 Å². The zero-order valence-corrected chi connectivity index (χ0v) is 17.9. The van der Waals surface area contributed by atoms with E-state index in [0.29, 0.717) is 29.4 Å². The van der Waals surface area contributed by atoms with Gasteiger partial charge in [0.15, 0.2) is 11.5 Å². The highest BCUT2D eigenvalue weighted by Crippen LogP contribution is 2.29. The number of carbonyl (C=O) groups is 1. The molecule has 0 aliphatic carbocycles. The SMILES string of the molecule is CCOc1ccc(C(=O)NC(C)c2ccc(F)cc2)cc1COc1ccccc1OC. The monoisotopic (exact) mass is 423 g/mol. The Balaban J connectivity index is 1.76. The molecule has 0 aliphatic rings. The second kappa shape index (κ2) is 10.5. The van der Waals surface area contributed by atoms with Crippen molar-refractivity contribution >= 4 is 5.91 Å². The number of rotatable bonds is 9. The largest absolute Gasteiger partial charge is 0.493 e. The van der Waals surface area contributed by atoms with Crippen molar-refractivity contribution in [1.82, 2.24) is 5.32 Å². The van der Waals surface area contributed by atoms with E-state index in [-0.39, 0.29) is 24.4 Å². The van der Waals surface area contributed by atoms with Crippen LogP contribution in [0.5, 0.6) is 17.2 Å². The predicted octanol–water partition coefficient (Wildman–Crippen LogP) is 5.30. The number of hydrogen-bond acceptors (Lipinski definition) is 4. The number of halogens is 1. The number of hydrogen-bond donors (Lipinski definition) is 1. The van der Waals surface area contributed by atoms with E-state index in [2.05, 4.69) is 5.32 Å². The summed E-state index contributed by atoms with van der Waals surface area (Å²) in [5, 5.41) is 2.94. The number of methoxy groups -OCH3 is 1. The molecule has 0 radical (unpaired) electrons. The lowest BCUT2D eigenvalue weighted by Gasteiger charge is -2.17. The molecule has 0 aliphatic heterocycles. The third-order valence-corrected chi connectivity index (χ3v) is 4.79. The van der Waals surface area contributed by atoms with Gasteiger partial charge in [-0.1, -0.05) is 24.3 Å². The molecule has 5 nitrogen and oxygen atoms in total. The van der Waals surface area contributed by atoms with Gasteiger partial charge in [0, 0.05) is 11.1 Å². The van der Waals surface area contributed by atoms with Crippen molar-refractivity contribution in [2.75, 3.05) is 13.7 Å². The molecule has 1 amide bonds. The number of para-hydroxylation sites is 2. The highest BCUT2D eigenvalue weighted by Gasteiger charge is 2.15. The van der Waals surface area contributed by atoms with E-state index in [1.165, 1.54) is 12.1 Å². The summed E-state index contributed by atoms with van der Waals surface area (Å²) in [7, 11) is 1.58. The van der Waals surface area contributed by atoms with Gasteiger partial charge in [-0.3, -0.25) is 4.79 Å². The van der Waals surface area contributed by atoms with Crippen LogP contribution >= 0.6 is 0 Å². The molecule has 1 atom stereocenters. The highest BCUT2D eigenvalue weighted by molar-refractivity contribution is 5.94. The van der Waals surface area contributed by atoms with Gasteiger partial charge in [-0.25, -0.2) is 4.39 Å². The summed E-state index contributed by atoms with van der Waals surface area (Å²) >= 11 is 0. The molecule has 0 bridgehead atoms. The number of nitrogens with one attached hydrogen (secondary N) is 1. The molecule has 3 aromatic carbocycles. The van der Waals surface area contributed by atoms with Crippen LogP contribution in [0.2, 0.25) is 0 Å². The maximum atomic E-state index is 13.1. The van der Waals surface area contributed by atoms with Gasteiger partial charge in [-0.15, -0.1) is 0 Å². The van der Waals surface area contributed by atoms with Crippen LogP contribution in [0, 0.1) is 5.82 Å². The van der Waals surface area contributed by atoms with Crippen molar-refractivity contribution in [3.8, 4) is 17.2 Å². The zero-order valence-electron chi connectivity index (χ0n) is 17.9. The maximum Gasteiger partial charge on any atom is 0.251 e. The summed E-state index contributed by atoms with van der Waals surface area (Å²) in [6, 6.07) is 18.4. The first-order valence-electron chi connectivity index (χ1n) is 10.1. The smallest absolute Gasteiger partial charge is 0.251 e. The van der Waals surface area contributed by atoms with Gasteiger partial charge >= 0.3 is 0 Å². The molecular formula is C25H26FNO4. The number of carbonyl (C=O) groups excluding carboxylic acids is 1. The summed E-state index contributed by atoms with van der Waals surface area (Å²) in [6.45, 7) is 4.46. The molecule has 0 saturated heterocycles. The van der Waals surface area contributed by atoms with Gasteiger partial charge < -0.3 is 19.5 Å². The third-order valence-electron chi connectivity index (χ3n) is 4.79. The topological polar surface area (TPSA) is 56.8 Å². The minimum Gasteiger partial charge on any atom is -0.493 e. The third kappa shape index (κ3) is 5.75. The van der Waals surface area contributed by atoms with Gasteiger partial charge in [0.25, 0.3) is 5.91 Å². The van der Waals surface area contributed by atoms with Crippen molar-refractivity contribution in [1.29, 1.82) is 0 Å². The molecule has 1 unspecified atom stereocenters. The van der Waals surface area contributed by atoms with E-state index in [9.17, 15) is 9.18 Å². The van der Waals surface area contributed by atoms with Crippen LogP contribution in [0.3, 0.4) is 0 Å². The summed E-state index contributed by atoms with van der Waals surface area (Å²) in [5.74, 6) is 1.34. The Labute approximate surface area is 181 Å². The van der Waals surface area contributed by atoms with Crippen LogP contribution in [0.1, 0.15) is 41.4 Å². The second-order valence-electron chi connectivity index (χ2n) is 6.94. The minimum absolute atomic E-state index is 0.213. The first kappa shape index (κ1) is 22.2. The molecule has 0 heterocycles. The first-order chi connectivity index (χ1) is 15.0. The Bertz CT molecular complexity index is 1020. The molecule has 1 N–H and O–H groups in total. The standard InChI is InChI=1S/C25H26FNO4/c1-4-30-22-14-11-19(25(28)27-17(2)18-9-12-21(26)13-10-18)15-20(22)16-31-24-8-6-5-7-23(24)29-3/h5-15,17H,4,16H2,1-3H3,(H,27,28). The van der Waals surface area contributed by atoms with Crippen LogP contribution in [0.4, 0.5) is 4.39 Å². The Kier molecular flexibility index (Phi) is 7.49. The van der Waals surface area contributed by atoms with E-state index in [1.54, 1.807) is 37.4 Å². The average molecular weight is 423 g/mol. The van der Waals surface area contributed by atoms with Crippen molar-refractivity contribution in [2.45, 2.75) is 26.5 Å². The molecule has 0 spiro atoms. The van der Waals surface area contributed by atoms with Crippen LogP contribution in [-0.2, 0) is 6.61 Å². The van der Waals surface area contributed by atoms with Gasteiger partial charge in [-0.05, 0) is 61.9 Å². The zero-order chi connectivity index (χ0) is 22.2. The molecule has 0 aromatic heterocycles. The summed E-state index contributed by atoms with van der Waals surface area (Å²) in [5.41, 5.74) is 2.05. The number of benzene rings is 3. The fraction of sp³-hybridized carbons (Fsp3) is 0.240. The molecular weight excluding hydrogens is 397 g/mol. The van der Waals surface area contributed by atoms with Crippen molar-refractivity contribution < 1.29 is 23.4 Å². The number of ether oxygens (including phenoxy) is 3. The van der Waals surface area contributed by atoms with Crippen molar-refractivity contribution in [3.05, 3.63) is 89.2 Å². The molecule has 31 heavy (non-hydrogen) atoms. The van der Waals surface area contributed by atoms with Gasteiger partial charge in [0.05, 0.1) is 19.8 Å². The lowest BCUT2D eigenvalue weighted by atomic mass is 10.1. The summed E-state index contributed by atoms with van der Waals surface area (Å²) in [4.78, 5) is 12.8. The lowest BCUT2D eigenvalue weighted by molar-refractivity contribution is 0.0939. The maximum absolute atomic E-state index is 13.1. The fourth-order valence-electron chi connectivity index (χ4n) is 3.14. The van der Waals surface area contributed by atoms with Gasteiger partial charge in [-0.2, -0.15) is 0 Å². The van der Waals surface area contributed by atoms with E-state index in [1.807, 2.05) is 38.1 Å². The normalized spacial score (nSPS) is 11.5.